The second-order valence-corrected chi connectivity index (χ2v) is 7.31. The number of benzene rings is 3. The lowest BCUT2D eigenvalue weighted by atomic mass is 10.1. The first-order valence-electron chi connectivity index (χ1n) is 9.29. The van der Waals surface area contributed by atoms with Crippen LogP contribution in [0.3, 0.4) is 0 Å². The number of nitrogens with zero attached hydrogens (tertiary/aromatic N) is 3. The van der Waals surface area contributed by atoms with E-state index in [1.807, 2.05) is 50.2 Å². The van der Waals surface area contributed by atoms with E-state index in [4.69, 9.17) is 11.6 Å². The van der Waals surface area contributed by atoms with E-state index in [0.29, 0.717) is 16.5 Å². The summed E-state index contributed by atoms with van der Waals surface area (Å²) >= 11 is 6.30. The monoisotopic (exact) mass is 420 g/mol. The van der Waals surface area contributed by atoms with Crippen LogP contribution in [0.2, 0.25) is 5.02 Å². The highest BCUT2D eigenvalue weighted by atomic mass is 35.5. The van der Waals surface area contributed by atoms with Gasteiger partial charge in [-0.2, -0.15) is 0 Å². The number of hydrogen-bond acceptors (Lipinski definition) is 3. The zero-order valence-corrected chi connectivity index (χ0v) is 17.1. The van der Waals surface area contributed by atoms with Gasteiger partial charge in [-0.1, -0.05) is 53.6 Å². The minimum Gasteiger partial charge on any atom is -0.317 e. The first kappa shape index (κ1) is 19.8. The first-order valence-corrected chi connectivity index (χ1v) is 9.66. The quantitative estimate of drug-likeness (QED) is 0.467. The number of amides is 1. The van der Waals surface area contributed by atoms with Gasteiger partial charge in [0.2, 0.25) is 5.82 Å². The number of carbonyl (C=O) groups is 1. The number of halogens is 2. The van der Waals surface area contributed by atoms with Gasteiger partial charge in [-0.3, -0.25) is 4.79 Å². The van der Waals surface area contributed by atoms with Gasteiger partial charge in [0.25, 0.3) is 5.91 Å². The standard InChI is InChI=1S/C23H18ClFN4O/c1-14-6-5-7-16(12-14)22-27-21(23(30)26-20-9-4-3-8-19(20)25)28-29(22)17-11-10-15(2)18(24)13-17/h3-13H,1-2H3,(H,26,30). The third-order valence-electron chi connectivity index (χ3n) is 4.61. The molecule has 0 aliphatic heterocycles. The summed E-state index contributed by atoms with van der Waals surface area (Å²) in [6.45, 7) is 3.88. The zero-order valence-electron chi connectivity index (χ0n) is 16.4. The van der Waals surface area contributed by atoms with Gasteiger partial charge >= 0.3 is 0 Å². The fourth-order valence-electron chi connectivity index (χ4n) is 3.01. The van der Waals surface area contributed by atoms with Crippen molar-refractivity contribution < 1.29 is 9.18 Å². The van der Waals surface area contributed by atoms with E-state index in [-0.39, 0.29) is 11.5 Å². The summed E-state index contributed by atoms with van der Waals surface area (Å²) in [5.41, 5.74) is 3.49. The van der Waals surface area contributed by atoms with Gasteiger partial charge in [-0.15, -0.1) is 5.10 Å². The molecule has 0 spiro atoms. The fourth-order valence-corrected chi connectivity index (χ4v) is 3.19. The van der Waals surface area contributed by atoms with E-state index in [0.717, 1.165) is 16.7 Å². The van der Waals surface area contributed by atoms with Crippen LogP contribution < -0.4 is 5.32 Å². The van der Waals surface area contributed by atoms with Crippen LogP contribution in [0.4, 0.5) is 10.1 Å². The van der Waals surface area contributed by atoms with Gasteiger partial charge in [0, 0.05) is 10.6 Å². The Kier molecular flexibility index (Phi) is 5.33. The Balaban J connectivity index is 1.80. The fraction of sp³-hybridized carbons (Fsp3) is 0.0870. The smallest absolute Gasteiger partial charge is 0.295 e. The van der Waals surface area contributed by atoms with E-state index in [1.165, 1.54) is 12.1 Å². The molecule has 0 radical (unpaired) electrons. The summed E-state index contributed by atoms with van der Waals surface area (Å²) in [7, 11) is 0. The minimum atomic E-state index is -0.606. The molecule has 0 saturated carbocycles. The van der Waals surface area contributed by atoms with Gasteiger partial charge in [-0.25, -0.2) is 14.1 Å². The van der Waals surface area contributed by atoms with Crippen LogP contribution in [-0.2, 0) is 0 Å². The molecule has 5 nitrogen and oxygen atoms in total. The largest absolute Gasteiger partial charge is 0.317 e. The SMILES string of the molecule is Cc1cccc(-c2nc(C(=O)Nc3ccccc3F)nn2-c2ccc(C)c(Cl)c2)c1. The van der Waals surface area contributed by atoms with E-state index in [2.05, 4.69) is 15.4 Å². The number of anilines is 1. The highest BCUT2D eigenvalue weighted by Gasteiger charge is 2.20. The van der Waals surface area contributed by atoms with Crippen molar-refractivity contribution in [2.45, 2.75) is 13.8 Å². The highest BCUT2D eigenvalue weighted by molar-refractivity contribution is 6.31. The lowest BCUT2D eigenvalue weighted by Gasteiger charge is -2.08. The molecule has 1 N–H and O–H groups in total. The van der Waals surface area contributed by atoms with E-state index < -0.39 is 11.7 Å². The normalized spacial score (nSPS) is 10.8. The number of para-hydroxylation sites is 1. The molecule has 0 aliphatic carbocycles. The van der Waals surface area contributed by atoms with Crippen LogP contribution in [0.25, 0.3) is 17.1 Å². The van der Waals surface area contributed by atoms with Gasteiger partial charge in [0.05, 0.1) is 11.4 Å². The number of aryl methyl sites for hydroxylation is 2. The topological polar surface area (TPSA) is 59.8 Å². The van der Waals surface area contributed by atoms with Crippen LogP contribution in [0, 0.1) is 19.7 Å². The average molecular weight is 421 g/mol. The van der Waals surface area contributed by atoms with Crippen molar-refractivity contribution in [1.82, 2.24) is 14.8 Å². The third-order valence-corrected chi connectivity index (χ3v) is 5.02. The van der Waals surface area contributed by atoms with Crippen molar-refractivity contribution in [2.24, 2.45) is 0 Å². The molecule has 1 amide bonds. The third kappa shape index (κ3) is 3.95. The molecule has 4 aromatic rings. The van der Waals surface area contributed by atoms with E-state index >= 15 is 0 Å². The number of nitrogens with one attached hydrogen (secondary N) is 1. The Bertz CT molecular complexity index is 1250. The Morgan fingerprint density at radius 2 is 1.83 bits per heavy atom. The van der Waals surface area contributed by atoms with Crippen LogP contribution in [0.5, 0.6) is 0 Å². The molecule has 7 heteroatoms. The molecule has 1 aromatic heterocycles. The molecule has 0 aliphatic rings. The van der Waals surface area contributed by atoms with Crippen LogP contribution in [0.15, 0.2) is 66.7 Å². The Morgan fingerprint density at radius 3 is 2.57 bits per heavy atom. The molecule has 1 heterocycles. The Labute approximate surface area is 178 Å². The molecule has 0 atom stereocenters. The molecule has 3 aromatic carbocycles. The lowest BCUT2D eigenvalue weighted by Crippen LogP contribution is -2.15. The summed E-state index contributed by atoms with van der Waals surface area (Å²) in [6.07, 6.45) is 0. The highest BCUT2D eigenvalue weighted by Crippen LogP contribution is 2.25. The molecule has 0 unspecified atom stereocenters. The predicted molar refractivity (Wildman–Crippen MR) is 116 cm³/mol. The van der Waals surface area contributed by atoms with Crippen LogP contribution in [-0.4, -0.2) is 20.7 Å². The molecule has 0 fully saturated rings. The van der Waals surface area contributed by atoms with Crippen molar-refractivity contribution in [3.63, 3.8) is 0 Å². The summed E-state index contributed by atoms with van der Waals surface area (Å²) < 4.78 is 15.5. The Morgan fingerprint density at radius 1 is 1.03 bits per heavy atom. The lowest BCUT2D eigenvalue weighted by molar-refractivity contribution is 0.101. The van der Waals surface area contributed by atoms with E-state index in [9.17, 15) is 9.18 Å². The maximum atomic E-state index is 13.9. The van der Waals surface area contributed by atoms with Crippen LogP contribution >= 0.6 is 11.6 Å². The second-order valence-electron chi connectivity index (χ2n) is 6.91. The summed E-state index contributed by atoms with van der Waals surface area (Å²) in [5, 5.41) is 7.50. The van der Waals surface area contributed by atoms with Crippen molar-refractivity contribution in [2.75, 3.05) is 5.32 Å². The zero-order chi connectivity index (χ0) is 21.3. The number of hydrogen-bond donors (Lipinski definition) is 1. The van der Waals surface area contributed by atoms with Crippen molar-refractivity contribution in [3.8, 4) is 17.1 Å². The molecular formula is C23H18ClFN4O. The summed E-state index contributed by atoms with van der Waals surface area (Å²) in [5.74, 6) is -0.732. The molecule has 4 rings (SSSR count). The maximum absolute atomic E-state index is 13.9. The average Bonchev–Trinajstić information content (AvgIpc) is 3.17. The molecular weight excluding hydrogens is 403 g/mol. The minimum absolute atomic E-state index is 0.0642. The van der Waals surface area contributed by atoms with Crippen molar-refractivity contribution >= 4 is 23.2 Å². The molecule has 0 saturated heterocycles. The summed E-state index contributed by atoms with van der Waals surface area (Å²) in [6, 6.07) is 19.2. The van der Waals surface area contributed by atoms with Gasteiger partial charge < -0.3 is 5.32 Å². The van der Waals surface area contributed by atoms with Gasteiger partial charge in [0.1, 0.15) is 5.82 Å². The number of carbonyl (C=O) groups excluding carboxylic acids is 1. The van der Waals surface area contributed by atoms with Crippen molar-refractivity contribution in [3.05, 3.63) is 94.5 Å². The maximum Gasteiger partial charge on any atom is 0.295 e. The molecule has 30 heavy (non-hydrogen) atoms. The number of aromatic nitrogens is 3. The van der Waals surface area contributed by atoms with Crippen molar-refractivity contribution in [1.29, 1.82) is 0 Å². The van der Waals surface area contributed by atoms with Crippen LogP contribution in [0.1, 0.15) is 21.7 Å². The summed E-state index contributed by atoms with van der Waals surface area (Å²) in [4.78, 5) is 17.2. The molecule has 0 bridgehead atoms. The second kappa shape index (κ2) is 8.08. The van der Waals surface area contributed by atoms with Gasteiger partial charge in [-0.05, 0) is 49.7 Å². The Hall–Kier alpha value is -3.51. The number of rotatable bonds is 4. The van der Waals surface area contributed by atoms with Gasteiger partial charge in [0.15, 0.2) is 5.82 Å². The first-order chi connectivity index (χ1) is 14.4. The molecule has 150 valence electrons. The predicted octanol–water partition coefficient (Wildman–Crippen LogP) is 5.60. The van der Waals surface area contributed by atoms with E-state index in [1.54, 1.807) is 22.9 Å².